The Balaban J connectivity index is 2.31. The molecular formula is C7H11N2. The van der Waals surface area contributed by atoms with Gasteiger partial charge in [-0.1, -0.05) is 6.08 Å². The van der Waals surface area contributed by atoms with Crippen LogP contribution < -0.4 is 0 Å². The van der Waals surface area contributed by atoms with Crippen molar-refractivity contribution in [3.63, 3.8) is 0 Å². The van der Waals surface area contributed by atoms with Crippen LogP contribution in [0.1, 0.15) is 0 Å². The Kier molecular flexibility index (Phi) is 1.78. The predicted octanol–water partition coefficient (Wildman–Crippen LogP) is 1.01. The molecular weight excluding hydrogens is 112 g/mol. The average Bonchev–Trinajstić information content (AvgIpc) is 2.17. The second-order valence-corrected chi connectivity index (χ2v) is 2.10. The highest BCUT2D eigenvalue weighted by Crippen LogP contribution is 2.04. The second-order valence-electron chi connectivity index (χ2n) is 2.10. The maximum Gasteiger partial charge on any atom is 0.0897 e. The van der Waals surface area contributed by atoms with Crippen molar-refractivity contribution in [3.8, 4) is 0 Å². The highest BCUT2D eigenvalue weighted by Gasteiger charge is 2.04. The maximum atomic E-state index is 3.60. The molecule has 0 N–H and O–H groups in total. The van der Waals surface area contributed by atoms with Crippen LogP contribution in [0.2, 0.25) is 0 Å². The number of hydrogen-bond donors (Lipinski definition) is 0. The quantitative estimate of drug-likeness (QED) is 0.540. The van der Waals surface area contributed by atoms with Crippen LogP contribution in [-0.4, -0.2) is 23.5 Å². The van der Waals surface area contributed by atoms with Gasteiger partial charge < -0.3 is 9.80 Å². The lowest BCUT2D eigenvalue weighted by atomic mass is 10.6. The summed E-state index contributed by atoms with van der Waals surface area (Å²) in [6.07, 6.45) is 5.82. The molecule has 0 atom stereocenters. The average molecular weight is 123 g/mol. The van der Waals surface area contributed by atoms with Gasteiger partial charge in [0.1, 0.15) is 0 Å². The molecule has 0 aliphatic carbocycles. The van der Waals surface area contributed by atoms with E-state index in [4.69, 9.17) is 0 Å². The van der Waals surface area contributed by atoms with Crippen LogP contribution in [0.3, 0.4) is 0 Å². The molecule has 0 aromatic heterocycles. The van der Waals surface area contributed by atoms with E-state index in [1.54, 1.807) is 6.08 Å². The molecule has 0 amide bonds. The molecule has 1 heterocycles. The zero-order chi connectivity index (χ0) is 6.69. The lowest BCUT2D eigenvalue weighted by Crippen LogP contribution is -2.19. The molecule has 0 unspecified atom stereocenters. The Morgan fingerprint density at radius 2 is 2.33 bits per heavy atom. The molecule has 2 nitrogen and oxygen atoms in total. The van der Waals surface area contributed by atoms with E-state index in [0.29, 0.717) is 0 Å². The van der Waals surface area contributed by atoms with Crippen LogP contribution in [-0.2, 0) is 0 Å². The molecule has 1 aliphatic rings. The van der Waals surface area contributed by atoms with Gasteiger partial charge in [0.2, 0.25) is 0 Å². The molecule has 49 valence electrons. The van der Waals surface area contributed by atoms with Crippen molar-refractivity contribution in [3.05, 3.63) is 31.6 Å². The fraction of sp³-hybridized carbons (Fsp3) is 0.286. The summed E-state index contributed by atoms with van der Waals surface area (Å²) in [5.41, 5.74) is 0. The zero-order valence-electron chi connectivity index (χ0n) is 5.62. The third-order valence-corrected chi connectivity index (χ3v) is 1.20. The molecule has 1 aliphatic heterocycles. The van der Waals surface area contributed by atoms with E-state index in [9.17, 15) is 0 Å². The van der Waals surface area contributed by atoms with Crippen LogP contribution in [0.4, 0.5) is 0 Å². The van der Waals surface area contributed by atoms with E-state index in [-0.39, 0.29) is 0 Å². The lowest BCUT2D eigenvalue weighted by Gasteiger charge is -2.14. The molecule has 0 saturated heterocycles. The van der Waals surface area contributed by atoms with Gasteiger partial charge in [-0.15, -0.1) is 6.58 Å². The Hall–Kier alpha value is -0.920. The van der Waals surface area contributed by atoms with Crippen molar-refractivity contribution in [2.24, 2.45) is 0 Å². The first-order valence-corrected chi connectivity index (χ1v) is 2.93. The monoisotopic (exact) mass is 123 g/mol. The van der Waals surface area contributed by atoms with Crippen LogP contribution in [0.5, 0.6) is 0 Å². The normalized spacial score (nSPS) is 17.0. The van der Waals surface area contributed by atoms with Crippen molar-refractivity contribution in [2.45, 2.75) is 0 Å². The van der Waals surface area contributed by atoms with Crippen molar-refractivity contribution in [1.29, 1.82) is 0 Å². The molecule has 1 rings (SSSR count). The minimum atomic E-state index is 0.937. The van der Waals surface area contributed by atoms with Crippen LogP contribution in [0.15, 0.2) is 25.1 Å². The second kappa shape index (κ2) is 2.58. The van der Waals surface area contributed by atoms with Gasteiger partial charge in [-0.05, 0) is 0 Å². The molecule has 1 radical (unpaired) electrons. The first-order chi connectivity index (χ1) is 4.33. The predicted molar refractivity (Wildman–Crippen MR) is 38.1 cm³/mol. The maximum absolute atomic E-state index is 3.60. The van der Waals surface area contributed by atoms with E-state index in [1.807, 2.05) is 26.0 Å². The summed E-state index contributed by atoms with van der Waals surface area (Å²) in [6, 6.07) is 0. The molecule has 0 bridgehead atoms. The molecule has 9 heavy (non-hydrogen) atoms. The fourth-order valence-electron chi connectivity index (χ4n) is 0.784. The Bertz CT molecular complexity index is 129. The van der Waals surface area contributed by atoms with Gasteiger partial charge in [0, 0.05) is 19.4 Å². The molecule has 2 heteroatoms. The minimum absolute atomic E-state index is 0.937. The fourth-order valence-corrected chi connectivity index (χ4v) is 0.784. The molecule has 0 saturated carbocycles. The highest BCUT2D eigenvalue weighted by atomic mass is 15.3. The zero-order valence-corrected chi connectivity index (χ0v) is 5.62. The van der Waals surface area contributed by atoms with Gasteiger partial charge in [0.25, 0.3) is 0 Å². The third kappa shape index (κ3) is 1.49. The van der Waals surface area contributed by atoms with E-state index in [0.717, 1.165) is 6.67 Å². The standard InChI is InChI=1S/C7H11N2/c1-3-4-9-6-5-8(2)7-9/h3-6H,1,7H2,2H3. The highest BCUT2D eigenvalue weighted by molar-refractivity contribution is 4.98. The van der Waals surface area contributed by atoms with Gasteiger partial charge in [-0.2, -0.15) is 0 Å². The number of hydrogen-bond acceptors (Lipinski definition) is 2. The van der Waals surface area contributed by atoms with E-state index in [1.165, 1.54) is 0 Å². The third-order valence-electron chi connectivity index (χ3n) is 1.20. The molecule has 0 aromatic rings. The topological polar surface area (TPSA) is 6.48 Å². The van der Waals surface area contributed by atoms with E-state index < -0.39 is 0 Å². The largest absolute Gasteiger partial charge is 0.362 e. The van der Waals surface area contributed by atoms with Crippen LogP contribution in [0.25, 0.3) is 0 Å². The van der Waals surface area contributed by atoms with E-state index >= 15 is 0 Å². The summed E-state index contributed by atoms with van der Waals surface area (Å²) in [5.74, 6) is 0. The summed E-state index contributed by atoms with van der Waals surface area (Å²) < 4.78 is 0. The van der Waals surface area contributed by atoms with Crippen LogP contribution in [0, 0.1) is 6.54 Å². The Labute approximate surface area is 56.1 Å². The Morgan fingerprint density at radius 3 is 2.78 bits per heavy atom. The summed E-state index contributed by atoms with van der Waals surface area (Å²) in [4.78, 5) is 4.16. The number of rotatable bonds is 2. The molecule has 0 aromatic carbocycles. The molecule has 0 fully saturated rings. The first-order valence-electron chi connectivity index (χ1n) is 2.93. The van der Waals surface area contributed by atoms with Gasteiger partial charge in [0.05, 0.1) is 13.2 Å². The van der Waals surface area contributed by atoms with Crippen molar-refractivity contribution in [2.75, 3.05) is 13.7 Å². The van der Waals surface area contributed by atoms with Gasteiger partial charge in [0.15, 0.2) is 0 Å². The summed E-state index contributed by atoms with van der Waals surface area (Å²) in [6.45, 7) is 6.48. The summed E-state index contributed by atoms with van der Waals surface area (Å²) in [5, 5.41) is 0. The number of nitrogens with zero attached hydrogens (tertiary/aromatic N) is 2. The summed E-state index contributed by atoms with van der Waals surface area (Å²) >= 11 is 0. The minimum Gasteiger partial charge on any atom is -0.362 e. The van der Waals surface area contributed by atoms with Gasteiger partial charge in [-0.3, -0.25) is 0 Å². The van der Waals surface area contributed by atoms with Crippen LogP contribution >= 0.6 is 0 Å². The summed E-state index contributed by atoms with van der Waals surface area (Å²) in [7, 11) is 2.04. The smallest absolute Gasteiger partial charge is 0.0897 e. The SMILES string of the molecule is C=C[CH]N1C=CN(C)C1. The van der Waals surface area contributed by atoms with Crippen molar-refractivity contribution >= 4 is 0 Å². The molecule has 0 spiro atoms. The Morgan fingerprint density at radius 1 is 1.56 bits per heavy atom. The van der Waals surface area contributed by atoms with Gasteiger partial charge >= 0.3 is 0 Å². The van der Waals surface area contributed by atoms with Crippen molar-refractivity contribution < 1.29 is 0 Å². The first kappa shape index (κ1) is 6.20. The van der Waals surface area contributed by atoms with Gasteiger partial charge in [-0.25, -0.2) is 0 Å². The van der Waals surface area contributed by atoms with Crippen molar-refractivity contribution in [1.82, 2.24) is 9.80 Å². The van der Waals surface area contributed by atoms with E-state index in [2.05, 4.69) is 16.4 Å². The lowest BCUT2D eigenvalue weighted by molar-refractivity contribution is 0.348.